The summed E-state index contributed by atoms with van der Waals surface area (Å²) in [5, 5.41) is 5.72. The summed E-state index contributed by atoms with van der Waals surface area (Å²) in [5.74, 6) is 0.700. The van der Waals surface area contributed by atoms with Crippen molar-refractivity contribution in [2.24, 2.45) is 0 Å². The number of rotatable bonds is 10. The Bertz CT molecular complexity index is 1080. The molecule has 0 fully saturated rings. The van der Waals surface area contributed by atoms with Crippen molar-refractivity contribution < 1.29 is 19.1 Å². The number of carbonyl (C=O) groups is 2. The second-order valence-corrected chi connectivity index (χ2v) is 7.78. The van der Waals surface area contributed by atoms with E-state index >= 15 is 0 Å². The van der Waals surface area contributed by atoms with Crippen molar-refractivity contribution in [1.29, 1.82) is 0 Å². The molecule has 0 heterocycles. The van der Waals surface area contributed by atoms with E-state index in [1.165, 1.54) is 5.56 Å². The number of ether oxygens (including phenoxy) is 2. The second-order valence-electron chi connectivity index (χ2n) is 7.78. The van der Waals surface area contributed by atoms with Crippen LogP contribution in [0.15, 0.2) is 72.8 Å². The number of nitrogens with zero attached hydrogens (tertiary/aromatic N) is 1. The molecule has 0 radical (unpaired) electrons. The standard InChI is InChI=1S/C26H29N3O4/c1-29(2)17-21-8-5-4-7-20(21)16-27-26(31)19-11-13-23(14-12-19)33-18-25(30)28-22-9-6-10-24(15-22)32-3/h4-15H,16-18H2,1-3H3,(H,27,31)(H,28,30). The molecule has 172 valence electrons. The fourth-order valence-electron chi connectivity index (χ4n) is 3.25. The first-order valence-electron chi connectivity index (χ1n) is 10.6. The number of methoxy groups -OCH3 is 1. The first kappa shape index (κ1) is 23.8. The molecule has 2 amide bonds. The summed E-state index contributed by atoms with van der Waals surface area (Å²) in [4.78, 5) is 26.8. The Morgan fingerprint density at radius 2 is 1.61 bits per heavy atom. The van der Waals surface area contributed by atoms with Gasteiger partial charge >= 0.3 is 0 Å². The van der Waals surface area contributed by atoms with Gasteiger partial charge in [-0.1, -0.05) is 30.3 Å². The summed E-state index contributed by atoms with van der Waals surface area (Å²) < 4.78 is 10.7. The predicted octanol–water partition coefficient (Wildman–Crippen LogP) is 3.70. The van der Waals surface area contributed by atoms with Gasteiger partial charge in [0.2, 0.25) is 0 Å². The molecule has 0 atom stereocenters. The van der Waals surface area contributed by atoms with E-state index < -0.39 is 0 Å². The molecule has 33 heavy (non-hydrogen) atoms. The lowest BCUT2D eigenvalue weighted by Gasteiger charge is -2.14. The highest BCUT2D eigenvalue weighted by atomic mass is 16.5. The first-order valence-corrected chi connectivity index (χ1v) is 10.6. The Kier molecular flexibility index (Phi) is 8.43. The van der Waals surface area contributed by atoms with Gasteiger partial charge in [0.1, 0.15) is 11.5 Å². The van der Waals surface area contributed by atoms with Crippen molar-refractivity contribution in [3.05, 3.63) is 89.5 Å². The first-order chi connectivity index (χ1) is 15.9. The molecule has 7 nitrogen and oxygen atoms in total. The van der Waals surface area contributed by atoms with Crippen LogP contribution in [0.5, 0.6) is 11.5 Å². The summed E-state index contributed by atoms with van der Waals surface area (Å²) in [6.45, 7) is 1.11. The zero-order valence-corrected chi connectivity index (χ0v) is 19.1. The number of benzene rings is 3. The van der Waals surface area contributed by atoms with Gasteiger partial charge < -0.3 is 25.0 Å². The maximum Gasteiger partial charge on any atom is 0.262 e. The van der Waals surface area contributed by atoms with Gasteiger partial charge in [-0.25, -0.2) is 0 Å². The lowest BCUT2D eigenvalue weighted by atomic mass is 10.1. The molecule has 2 N–H and O–H groups in total. The van der Waals surface area contributed by atoms with Crippen molar-refractivity contribution in [2.45, 2.75) is 13.1 Å². The molecule has 0 aliphatic heterocycles. The monoisotopic (exact) mass is 447 g/mol. The summed E-state index contributed by atoms with van der Waals surface area (Å²) in [7, 11) is 5.60. The molecule has 3 aromatic rings. The molecular weight excluding hydrogens is 418 g/mol. The molecule has 0 aliphatic carbocycles. The number of amides is 2. The number of carbonyl (C=O) groups excluding carboxylic acids is 2. The van der Waals surface area contributed by atoms with Gasteiger partial charge in [-0.2, -0.15) is 0 Å². The van der Waals surface area contributed by atoms with Crippen molar-refractivity contribution in [1.82, 2.24) is 10.2 Å². The van der Waals surface area contributed by atoms with Gasteiger partial charge in [0.05, 0.1) is 7.11 Å². The number of nitrogens with one attached hydrogen (secondary N) is 2. The molecule has 0 spiro atoms. The van der Waals surface area contributed by atoms with Gasteiger partial charge in [-0.15, -0.1) is 0 Å². The quantitative estimate of drug-likeness (QED) is 0.495. The summed E-state index contributed by atoms with van der Waals surface area (Å²) >= 11 is 0. The van der Waals surface area contributed by atoms with Crippen LogP contribution in [0.25, 0.3) is 0 Å². The highest BCUT2D eigenvalue weighted by Gasteiger charge is 2.09. The number of hydrogen-bond acceptors (Lipinski definition) is 5. The molecular formula is C26H29N3O4. The predicted molar refractivity (Wildman–Crippen MR) is 129 cm³/mol. The van der Waals surface area contributed by atoms with Crippen LogP contribution in [0.4, 0.5) is 5.69 Å². The Hall–Kier alpha value is -3.84. The van der Waals surface area contributed by atoms with E-state index in [0.29, 0.717) is 29.3 Å². The Morgan fingerprint density at radius 3 is 2.30 bits per heavy atom. The second kappa shape index (κ2) is 11.7. The molecule has 0 bridgehead atoms. The van der Waals surface area contributed by atoms with Crippen LogP contribution >= 0.6 is 0 Å². The van der Waals surface area contributed by atoms with Crippen LogP contribution in [-0.2, 0) is 17.9 Å². The molecule has 0 aromatic heterocycles. The third-order valence-corrected chi connectivity index (χ3v) is 4.88. The van der Waals surface area contributed by atoms with E-state index in [4.69, 9.17) is 9.47 Å². The normalized spacial score (nSPS) is 10.5. The van der Waals surface area contributed by atoms with Crippen LogP contribution in [-0.4, -0.2) is 44.5 Å². The maximum absolute atomic E-state index is 12.5. The number of hydrogen-bond donors (Lipinski definition) is 2. The van der Waals surface area contributed by atoms with Crippen LogP contribution in [0, 0.1) is 0 Å². The third-order valence-electron chi connectivity index (χ3n) is 4.88. The van der Waals surface area contributed by atoms with Gasteiger partial charge in [0, 0.05) is 30.4 Å². The van der Waals surface area contributed by atoms with Crippen LogP contribution in [0.1, 0.15) is 21.5 Å². The fourth-order valence-corrected chi connectivity index (χ4v) is 3.25. The van der Waals surface area contributed by atoms with E-state index in [2.05, 4.69) is 21.6 Å². The average Bonchev–Trinajstić information content (AvgIpc) is 2.82. The summed E-state index contributed by atoms with van der Waals surface area (Å²) in [6, 6.07) is 21.8. The van der Waals surface area contributed by atoms with E-state index in [1.54, 1.807) is 55.6 Å². The van der Waals surface area contributed by atoms with Gasteiger partial charge in [0.25, 0.3) is 11.8 Å². The van der Waals surface area contributed by atoms with Crippen LogP contribution < -0.4 is 20.1 Å². The van der Waals surface area contributed by atoms with E-state index in [1.807, 2.05) is 32.3 Å². The lowest BCUT2D eigenvalue weighted by Crippen LogP contribution is -2.24. The van der Waals surface area contributed by atoms with Crippen molar-refractivity contribution in [2.75, 3.05) is 33.1 Å². The summed E-state index contributed by atoms with van der Waals surface area (Å²) in [5.41, 5.74) is 3.41. The van der Waals surface area contributed by atoms with Crippen LogP contribution in [0.2, 0.25) is 0 Å². The largest absolute Gasteiger partial charge is 0.497 e. The molecule has 0 saturated carbocycles. The van der Waals surface area contributed by atoms with Gasteiger partial charge in [0.15, 0.2) is 6.61 Å². The van der Waals surface area contributed by atoms with Crippen molar-refractivity contribution in [3.8, 4) is 11.5 Å². The minimum Gasteiger partial charge on any atom is -0.497 e. The van der Waals surface area contributed by atoms with E-state index in [0.717, 1.165) is 12.1 Å². The molecule has 3 aromatic carbocycles. The molecule has 7 heteroatoms. The highest BCUT2D eigenvalue weighted by Crippen LogP contribution is 2.17. The average molecular weight is 448 g/mol. The van der Waals surface area contributed by atoms with Crippen molar-refractivity contribution in [3.63, 3.8) is 0 Å². The SMILES string of the molecule is COc1cccc(NC(=O)COc2ccc(C(=O)NCc3ccccc3CN(C)C)cc2)c1. The minimum atomic E-state index is -0.290. The topological polar surface area (TPSA) is 79.9 Å². The Morgan fingerprint density at radius 1 is 0.879 bits per heavy atom. The molecule has 3 rings (SSSR count). The van der Waals surface area contributed by atoms with E-state index in [9.17, 15) is 9.59 Å². The van der Waals surface area contributed by atoms with E-state index in [-0.39, 0.29) is 18.4 Å². The minimum absolute atomic E-state index is 0.147. The van der Waals surface area contributed by atoms with Gasteiger partial charge in [-0.05, 0) is 61.6 Å². The summed E-state index contributed by atoms with van der Waals surface area (Å²) in [6.07, 6.45) is 0. The lowest BCUT2D eigenvalue weighted by molar-refractivity contribution is -0.118. The fraction of sp³-hybridized carbons (Fsp3) is 0.231. The number of anilines is 1. The Labute approximate surface area is 194 Å². The smallest absolute Gasteiger partial charge is 0.262 e. The van der Waals surface area contributed by atoms with Crippen molar-refractivity contribution >= 4 is 17.5 Å². The zero-order valence-electron chi connectivity index (χ0n) is 19.1. The Balaban J connectivity index is 1.49. The molecule has 0 unspecified atom stereocenters. The third kappa shape index (κ3) is 7.36. The zero-order chi connectivity index (χ0) is 23.6. The van der Waals surface area contributed by atoms with Crippen LogP contribution in [0.3, 0.4) is 0 Å². The molecule has 0 saturated heterocycles. The highest BCUT2D eigenvalue weighted by molar-refractivity contribution is 5.94. The molecule has 0 aliphatic rings. The maximum atomic E-state index is 12.5. The van der Waals surface area contributed by atoms with Gasteiger partial charge in [-0.3, -0.25) is 9.59 Å².